The maximum atomic E-state index is 12.2. The fraction of sp³-hybridized carbons (Fsp3) is 0.348. The molecule has 0 radical (unpaired) electrons. The van der Waals surface area contributed by atoms with Gasteiger partial charge in [0.25, 0.3) is 5.89 Å². The van der Waals surface area contributed by atoms with Crippen LogP contribution in [-0.2, 0) is 16.4 Å². The number of Topliss-reactive ketones (excluding diaryl/α,β-unsaturated/α-hetero) is 1. The summed E-state index contributed by atoms with van der Waals surface area (Å²) in [5, 5.41) is 16.5. The highest BCUT2D eigenvalue weighted by molar-refractivity contribution is 7.93. The first-order chi connectivity index (χ1) is 16.6. The number of benzene rings is 2. The van der Waals surface area contributed by atoms with Crippen LogP contribution in [0.2, 0.25) is 5.02 Å². The Bertz CT molecular complexity index is 1240. The summed E-state index contributed by atoms with van der Waals surface area (Å²) in [7, 11) is -5.48. The van der Waals surface area contributed by atoms with Gasteiger partial charge in [-0.3, -0.25) is 9.52 Å². The van der Waals surface area contributed by atoms with Crippen LogP contribution in [0.15, 0.2) is 46.9 Å². The second-order valence-electron chi connectivity index (χ2n) is 7.97. The number of carbonyl (C=O) groups excluding carboxylic acids is 1. The summed E-state index contributed by atoms with van der Waals surface area (Å²) >= 11 is 5.64. The van der Waals surface area contributed by atoms with Crippen LogP contribution in [0.25, 0.3) is 11.5 Å². The van der Waals surface area contributed by atoms with Crippen LogP contribution < -0.4 is 4.72 Å². The Labute approximate surface area is 212 Å². The zero-order chi connectivity index (χ0) is 27.7. The summed E-state index contributed by atoms with van der Waals surface area (Å²) < 4.78 is 65.0. The van der Waals surface area contributed by atoms with Crippen molar-refractivity contribution >= 4 is 33.1 Å². The lowest BCUT2D eigenvalue weighted by Crippen LogP contribution is -2.29. The van der Waals surface area contributed by atoms with Crippen molar-refractivity contribution in [1.29, 1.82) is 0 Å². The smallest absolute Gasteiger partial charge is 0.506 e. The lowest BCUT2D eigenvalue weighted by atomic mass is 10.2. The van der Waals surface area contributed by atoms with Crippen LogP contribution in [0.5, 0.6) is 5.75 Å². The third-order valence-electron chi connectivity index (χ3n) is 3.84. The minimum absolute atomic E-state index is 0.0181. The number of rotatable bonds is 5. The van der Waals surface area contributed by atoms with Gasteiger partial charge in [-0.05, 0) is 54.3 Å². The van der Waals surface area contributed by atoms with Gasteiger partial charge in [0.1, 0.15) is 5.75 Å². The number of ketones is 1. The molecule has 0 bridgehead atoms. The van der Waals surface area contributed by atoms with E-state index in [1.54, 1.807) is 12.1 Å². The predicted molar refractivity (Wildman–Crippen MR) is 131 cm³/mol. The number of phenolic OH excluding ortho intramolecular Hbond substituents is 1. The Morgan fingerprint density at radius 3 is 2.08 bits per heavy atom. The molecule has 2 aromatic carbocycles. The van der Waals surface area contributed by atoms with Crippen LogP contribution in [0.4, 0.5) is 18.9 Å². The molecule has 198 valence electrons. The topological polar surface area (TPSA) is 122 Å². The van der Waals surface area contributed by atoms with Gasteiger partial charge in [0.2, 0.25) is 11.7 Å². The second-order valence-corrected chi connectivity index (χ2v) is 10.0. The Balaban J connectivity index is 0.000000382. The number of nitrogens with one attached hydrogen (secondary N) is 1. The predicted octanol–water partition coefficient (Wildman–Crippen LogP) is 6.47. The van der Waals surface area contributed by atoms with Crippen molar-refractivity contribution in [2.45, 2.75) is 46.5 Å². The zero-order valence-corrected chi connectivity index (χ0v) is 21.8. The molecule has 0 aliphatic heterocycles. The Morgan fingerprint density at radius 1 is 1.11 bits per heavy atom. The van der Waals surface area contributed by atoms with Gasteiger partial charge in [0, 0.05) is 18.2 Å². The monoisotopic (exact) mass is 549 g/mol. The maximum Gasteiger partial charge on any atom is 0.516 e. The number of aryl methyl sites for hydroxylation is 1. The molecule has 0 fully saturated rings. The number of carbonyl (C=O) groups is 1. The van der Waals surface area contributed by atoms with Gasteiger partial charge in [-0.25, -0.2) is 0 Å². The summed E-state index contributed by atoms with van der Waals surface area (Å²) in [6.07, 6.45) is 0.944. The van der Waals surface area contributed by atoms with Gasteiger partial charge in [-0.15, -0.1) is 10.2 Å². The normalized spacial score (nSPS) is 11.2. The third kappa shape index (κ3) is 9.86. The van der Waals surface area contributed by atoms with Crippen molar-refractivity contribution in [1.82, 2.24) is 10.2 Å². The van der Waals surface area contributed by atoms with Crippen LogP contribution in [-0.4, -0.2) is 35.0 Å². The summed E-state index contributed by atoms with van der Waals surface area (Å²) in [5.74, 6) is 0.319. The van der Waals surface area contributed by atoms with Gasteiger partial charge < -0.3 is 9.52 Å². The number of aromatic hydroxyl groups is 1. The number of halogens is 4. The molecule has 8 nitrogen and oxygen atoms in total. The van der Waals surface area contributed by atoms with E-state index in [4.69, 9.17) is 21.1 Å². The molecule has 0 saturated carbocycles. The first kappa shape index (κ1) is 30.9. The summed E-state index contributed by atoms with van der Waals surface area (Å²) in [6, 6.07) is 9.98. The number of sulfonamides is 1. The van der Waals surface area contributed by atoms with E-state index >= 15 is 0 Å². The van der Waals surface area contributed by atoms with E-state index in [9.17, 15) is 26.4 Å². The van der Waals surface area contributed by atoms with E-state index in [1.807, 2.05) is 13.0 Å². The lowest BCUT2D eigenvalue weighted by Gasteiger charge is -2.10. The van der Waals surface area contributed by atoms with Crippen molar-refractivity contribution in [2.24, 2.45) is 5.92 Å². The van der Waals surface area contributed by atoms with Gasteiger partial charge in [0.05, 0.1) is 5.02 Å². The van der Waals surface area contributed by atoms with E-state index < -0.39 is 21.3 Å². The van der Waals surface area contributed by atoms with E-state index in [2.05, 4.69) is 31.0 Å². The van der Waals surface area contributed by atoms with Crippen molar-refractivity contribution in [3.63, 3.8) is 0 Å². The second kappa shape index (κ2) is 13.3. The molecule has 1 heterocycles. The molecule has 0 aliphatic carbocycles. The summed E-state index contributed by atoms with van der Waals surface area (Å²) in [6.45, 7) is 9.77. The fourth-order valence-electron chi connectivity index (χ4n) is 2.15. The van der Waals surface area contributed by atoms with Crippen molar-refractivity contribution in [3.8, 4) is 17.2 Å². The van der Waals surface area contributed by atoms with Gasteiger partial charge in [0.15, 0.2) is 0 Å². The Hall–Kier alpha value is -3.12. The molecular weight excluding hydrogens is 523 g/mol. The molecule has 0 atom stereocenters. The highest BCUT2D eigenvalue weighted by Crippen LogP contribution is 2.27. The van der Waals surface area contributed by atoms with Crippen LogP contribution in [0.1, 0.15) is 50.9 Å². The number of nitrogens with zero attached hydrogens (tertiary/aromatic N) is 2. The summed E-state index contributed by atoms with van der Waals surface area (Å²) in [4.78, 5) is 11.0. The highest BCUT2D eigenvalue weighted by atomic mass is 35.5. The van der Waals surface area contributed by atoms with Gasteiger partial charge in [-0.1, -0.05) is 45.4 Å². The minimum Gasteiger partial charge on any atom is -0.506 e. The molecule has 3 rings (SSSR count). The standard InChI is InChI=1S/C11H8F3N3O4S.C8H9ClO.C4H10/c1-6(18)9-15-16-10(21-9)7-2-4-8(5-3-7)17-22(19,20)11(12,13)14;1-2-6-3-4-8(10)7(9)5-6;1-4(2)3/h2-5,17H,1H3;3-5,10H,2H2,1H3;4H,1-3H3. The minimum atomic E-state index is -5.48. The number of phenols is 1. The van der Waals surface area contributed by atoms with Gasteiger partial charge in [-0.2, -0.15) is 21.6 Å². The molecule has 13 heteroatoms. The molecule has 0 spiro atoms. The number of hydrogen-bond acceptors (Lipinski definition) is 7. The van der Waals surface area contributed by atoms with E-state index in [0.29, 0.717) is 10.6 Å². The molecule has 36 heavy (non-hydrogen) atoms. The molecule has 1 aromatic heterocycles. The maximum absolute atomic E-state index is 12.2. The molecule has 3 aromatic rings. The van der Waals surface area contributed by atoms with Gasteiger partial charge >= 0.3 is 15.5 Å². The average Bonchev–Trinajstić information content (AvgIpc) is 3.26. The lowest BCUT2D eigenvalue weighted by molar-refractivity contribution is -0.0429. The fourth-order valence-corrected chi connectivity index (χ4v) is 2.91. The van der Waals surface area contributed by atoms with Crippen molar-refractivity contribution < 1.29 is 35.9 Å². The van der Waals surface area contributed by atoms with Crippen LogP contribution in [0, 0.1) is 5.92 Å². The third-order valence-corrected chi connectivity index (χ3v) is 5.25. The number of alkyl halides is 3. The molecule has 0 amide bonds. The number of aromatic nitrogens is 2. The molecule has 0 aliphatic rings. The van der Waals surface area contributed by atoms with E-state index in [-0.39, 0.29) is 23.2 Å². The van der Waals surface area contributed by atoms with Crippen LogP contribution in [0.3, 0.4) is 0 Å². The molecule has 0 saturated heterocycles. The molecule has 0 unspecified atom stereocenters. The first-order valence-electron chi connectivity index (χ1n) is 10.6. The Kier molecular flexibility index (Phi) is 11.4. The van der Waals surface area contributed by atoms with Crippen LogP contribution >= 0.6 is 11.6 Å². The molecule has 2 N–H and O–H groups in total. The average molecular weight is 550 g/mol. The quantitative estimate of drug-likeness (QED) is 0.349. The highest BCUT2D eigenvalue weighted by Gasteiger charge is 2.46. The Morgan fingerprint density at radius 2 is 1.67 bits per heavy atom. The van der Waals surface area contributed by atoms with E-state index in [0.717, 1.165) is 30.0 Å². The van der Waals surface area contributed by atoms with Crippen molar-refractivity contribution in [3.05, 3.63) is 58.9 Å². The largest absolute Gasteiger partial charge is 0.516 e. The molecular formula is C23H27ClF3N3O5S. The SMILES string of the molecule is CC(=O)c1nnc(-c2ccc(NS(=O)(=O)C(F)(F)F)cc2)o1.CC(C)C.CCc1ccc(O)c(Cl)c1. The zero-order valence-electron chi connectivity index (χ0n) is 20.2. The number of hydrogen-bond donors (Lipinski definition) is 2. The van der Waals surface area contributed by atoms with Crippen molar-refractivity contribution in [2.75, 3.05) is 4.72 Å². The van der Waals surface area contributed by atoms with E-state index in [1.165, 1.54) is 23.8 Å². The first-order valence-corrected chi connectivity index (χ1v) is 12.4. The summed E-state index contributed by atoms with van der Waals surface area (Å²) in [5.41, 5.74) is -4.24. The number of anilines is 1.